The average Bonchev–Trinajstić information content (AvgIpc) is 2.97. The number of anilines is 1. The molecule has 0 bridgehead atoms. The smallest absolute Gasteiger partial charge is 0.258 e. The number of nitrogens with zero attached hydrogens (tertiary/aromatic N) is 5. The lowest BCUT2D eigenvalue weighted by atomic mass is 10.2. The zero-order valence-electron chi connectivity index (χ0n) is 12.6. The Hall–Kier alpha value is -1.99. The summed E-state index contributed by atoms with van der Waals surface area (Å²) >= 11 is 0. The van der Waals surface area contributed by atoms with Crippen molar-refractivity contribution >= 4 is 5.82 Å². The van der Waals surface area contributed by atoms with Gasteiger partial charge in [-0.1, -0.05) is 5.16 Å². The van der Waals surface area contributed by atoms with Gasteiger partial charge in [-0.25, -0.2) is 4.98 Å². The molecular weight excluding hydrogens is 268 g/mol. The van der Waals surface area contributed by atoms with Crippen LogP contribution in [0.25, 0.3) is 11.5 Å². The highest BCUT2D eigenvalue weighted by molar-refractivity contribution is 5.58. The number of likely N-dealkylation sites (N-methyl/N-ethyl adjacent to an activating group) is 1. The molecule has 1 aliphatic rings. The molecule has 1 saturated heterocycles. The maximum Gasteiger partial charge on any atom is 0.258 e. The zero-order chi connectivity index (χ0) is 14.8. The van der Waals surface area contributed by atoms with Crippen molar-refractivity contribution in [2.75, 3.05) is 45.7 Å². The summed E-state index contributed by atoms with van der Waals surface area (Å²) in [6.07, 6.45) is 1.75. The Balaban J connectivity index is 1.86. The van der Waals surface area contributed by atoms with Crippen molar-refractivity contribution in [3.8, 4) is 11.5 Å². The van der Waals surface area contributed by atoms with Gasteiger partial charge in [0.25, 0.3) is 5.89 Å². The number of pyridine rings is 1. The van der Waals surface area contributed by atoms with Crippen LogP contribution >= 0.6 is 0 Å². The van der Waals surface area contributed by atoms with Crippen molar-refractivity contribution in [2.24, 2.45) is 0 Å². The average molecular weight is 288 g/mol. The van der Waals surface area contributed by atoms with E-state index in [0.717, 1.165) is 36.8 Å². The minimum atomic E-state index is 0.159. The molecule has 0 spiro atoms. The second-order valence-electron chi connectivity index (χ2n) is 5.46. The Labute approximate surface area is 124 Å². The van der Waals surface area contributed by atoms with Crippen molar-refractivity contribution in [3.05, 3.63) is 24.2 Å². The quantitative estimate of drug-likeness (QED) is 0.894. The molecule has 0 amide bonds. The molecule has 0 aliphatic carbocycles. The van der Waals surface area contributed by atoms with Gasteiger partial charge in [0.2, 0.25) is 0 Å². The van der Waals surface area contributed by atoms with E-state index in [0.29, 0.717) is 5.89 Å². The topological polar surface area (TPSA) is 70.3 Å². The van der Waals surface area contributed by atoms with Gasteiger partial charge in [0.05, 0.1) is 6.04 Å². The molecule has 2 aromatic rings. The van der Waals surface area contributed by atoms with E-state index < -0.39 is 0 Å². The molecule has 1 atom stereocenters. The van der Waals surface area contributed by atoms with E-state index in [9.17, 15) is 0 Å². The van der Waals surface area contributed by atoms with E-state index in [1.54, 1.807) is 6.20 Å². The molecule has 1 N–H and O–H groups in total. The highest BCUT2D eigenvalue weighted by Crippen LogP contribution is 2.24. The molecule has 3 heterocycles. The van der Waals surface area contributed by atoms with Crippen molar-refractivity contribution in [3.63, 3.8) is 0 Å². The fourth-order valence-electron chi connectivity index (χ4n) is 2.38. The normalized spacial score (nSPS) is 19.7. The number of rotatable bonds is 3. The zero-order valence-corrected chi connectivity index (χ0v) is 12.6. The van der Waals surface area contributed by atoms with Crippen molar-refractivity contribution < 1.29 is 4.52 Å². The van der Waals surface area contributed by atoms with Crippen molar-refractivity contribution in [1.29, 1.82) is 0 Å². The number of nitrogens with one attached hydrogen (secondary N) is 1. The van der Waals surface area contributed by atoms with Gasteiger partial charge >= 0.3 is 0 Å². The minimum absolute atomic E-state index is 0.159. The lowest BCUT2D eigenvalue weighted by Gasteiger charge is -2.30. The number of aromatic nitrogens is 3. The summed E-state index contributed by atoms with van der Waals surface area (Å²) in [5.74, 6) is 2.13. The van der Waals surface area contributed by atoms with E-state index in [1.165, 1.54) is 0 Å². The molecule has 2 aromatic heterocycles. The Morgan fingerprint density at radius 3 is 3.05 bits per heavy atom. The summed E-state index contributed by atoms with van der Waals surface area (Å²) in [5, 5.41) is 7.50. The third-order valence-corrected chi connectivity index (χ3v) is 3.70. The fourth-order valence-corrected chi connectivity index (χ4v) is 2.38. The first-order chi connectivity index (χ1) is 10.1. The lowest BCUT2D eigenvalue weighted by Crippen LogP contribution is -2.44. The third kappa shape index (κ3) is 2.88. The molecule has 1 fully saturated rings. The van der Waals surface area contributed by atoms with Crippen LogP contribution in [0.15, 0.2) is 22.9 Å². The van der Waals surface area contributed by atoms with Crippen LogP contribution in [0.3, 0.4) is 0 Å². The van der Waals surface area contributed by atoms with Crippen LogP contribution in [-0.2, 0) is 0 Å². The SMILES string of the molecule is CN(C)c1cc(-c2nc(C3CNCCN3C)no2)ccn1. The Kier molecular flexibility index (Phi) is 3.85. The Bertz CT molecular complexity index is 611. The lowest BCUT2D eigenvalue weighted by molar-refractivity contribution is 0.190. The van der Waals surface area contributed by atoms with Gasteiger partial charge in [-0.3, -0.25) is 4.90 Å². The monoisotopic (exact) mass is 288 g/mol. The fraction of sp³-hybridized carbons (Fsp3) is 0.500. The van der Waals surface area contributed by atoms with Gasteiger partial charge in [-0.2, -0.15) is 4.98 Å². The summed E-state index contributed by atoms with van der Waals surface area (Å²) < 4.78 is 5.43. The summed E-state index contributed by atoms with van der Waals surface area (Å²) in [7, 11) is 5.99. The second-order valence-corrected chi connectivity index (χ2v) is 5.46. The number of hydrogen-bond donors (Lipinski definition) is 1. The Morgan fingerprint density at radius 2 is 2.29 bits per heavy atom. The molecule has 21 heavy (non-hydrogen) atoms. The van der Waals surface area contributed by atoms with Crippen LogP contribution in [-0.4, -0.2) is 60.8 Å². The predicted octanol–water partition coefficient (Wildman–Crippen LogP) is 0.774. The first-order valence-electron chi connectivity index (χ1n) is 7.03. The van der Waals surface area contributed by atoms with Gasteiger partial charge in [0.15, 0.2) is 5.82 Å². The van der Waals surface area contributed by atoms with E-state index in [4.69, 9.17) is 4.52 Å². The van der Waals surface area contributed by atoms with Crippen molar-refractivity contribution in [1.82, 2.24) is 25.3 Å². The van der Waals surface area contributed by atoms with Gasteiger partial charge in [0.1, 0.15) is 5.82 Å². The summed E-state index contributed by atoms with van der Waals surface area (Å²) in [6.45, 7) is 2.82. The van der Waals surface area contributed by atoms with E-state index in [1.807, 2.05) is 31.1 Å². The third-order valence-electron chi connectivity index (χ3n) is 3.70. The highest BCUT2D eigenvalue weighted by atomic mass is 16.5. The number of piperazine rings is 1. The van der Waals surface area contributed by atoms with Crippen LogP contribution in [0.1, 0.15) is 11.9 Å². The predicted molar refractivity (Wildman–Crippen MR) is 80.1 cm³/mol. The first kappa shape index (κ1) is 14.0. The molecule has 3 rings (SSSR count). The van der Waals surface area contributed by atoms with Crippen LogP contribution < -0.4 is 10.2 Å². The maximum absolute atomic E-state index is 5.43. The number of hydrogen-bond acceptors (Lipinski definition) is 7. The molecule has 0 saturated carbocycles. The van der Waals surface area contributed by atoms with Crippen LogP contribution in [0.4, 0.5) is 5.82 Å². The van der Waals surface area contributed by atoms with Crippen LogP contribution in [0, 0.1) is 0 Å². The van der Waals surface area contributed by atoms with Gasteiger partial charge in [-0.15, -0.1) is 0 Å². The highest BCUT2D eigenvalue weighted by Gasteiger charge is 2.25. The largest absolute Gasteiger partial charge is 0.363 e. The van der Waals surface area contributed by atoms with Gasteiger partial charge in [-0.05, 0) is 19.2 Å². The minimum Gasteiger partial charge on any atom is -0.363 e. The van der Waals surface area contributed by atoms with E-state index in [-0.39, 0.29) is 6.04 Å². The molecule has 7 nitrogen and oxygen atoms in total. The molecule has 1 unspecified atom stereocenters. The molecule has 7 heteroatoms. The molecular formula is C14H20N6O. The maximum atomic E-state index is 5.43. The van der Waals surface area contributed by atoms with E-state index in [2.05, 4.69) is 32.4 Å². The molecule has 112 valence electrons. The summed E-state index contributed by atoms with van der Waals surface area (Å²) in [4.78, 5) is 13.0. The second kappa shape index (κ2) is 5.79. The first-order valence-corrected chi connectivity index (χ1v) is 7.03. The van der Waals surface area contributed by atoms with Crippen LogP contribution in [0.5, 0.6) is 0 Å². The standard InChI is InChI=1S/C14H20N6O/c1-19(2)12-8-10(4-5-16-12)14-17-13(18-21-14)11-9-15-6-7-20(11)3/h4-5,8,11,15H,6-7,9H2,1-3H3. The van der Waals surface area contributed by atoms with Gasteiger partial charge in [0, 0.05) is 45.5 Å². The van der Waals surface area contributed by atoms with E-state index >= 15 is 0 Å². The molecule has 0 radical (unpaired) electrons. The molecule has 0 aromatic carbocycles. The Morgan fingerprint density at radius 1 is 1.43 bits per heavy atom. The van der Waals surface area contributed by atoms with Crippen molar-refractivity contribution in [2.45, 2.75) is 6.04 Å². The van der Waals surface area contributed by atoms with Crippen LogP contribution in [0.2, 0.25) is 0 Å². The molecule has 1 aliphatic heterocycles. The summed E-state index contributed by atoms with van der Waals surface area (Å²) in [6, 6.07) is 3.99. The summed E-state index contributed by atoms with van der Waals surface area (Å²) in [5.41, 5.74) is 0.888. The van der Waals surface area contributed by atoms with Gasteiger partial charge < -0.3 is 14.7 Å².